The number of benzene rings is 1. The summed E-state index contributed by atoms with van der Waals surface area (Å²) in [6.45, 7) is 4.77. The maximum atomic E-state index is 12.2. The Bertz CT molecular complexity index is 645. The quantitative estimate of drug-likeness (QED) is 0.887. The van der Waals surface area contributed by atoms with Crippen LogP contribution in [0, 0.1) is 6.92 Å². The van der Waals surface area contributed by atoms with Gasteiger partial charge in [0.05, 0.1) is 5.01 Å². The lowest BCUT2D eigenvalue weighted by atomic mass is 9.91. The number of amides is 1. The van der Waals surface area contributed by atoms with E-state index in [1.807, 2.05) is 24.4 Å². The molecule has 2 aromatic rings. The predicted octanol–water partition coefficient (Wildman–Crippen LogP) is 2.89. The molecule has 23 heavy (non-hydrogen) atoms. The van der Waals surface area contributed by atoms with E-state index in [2.05, 4.69) is 27.8 Å². The summed E-state index contributed by atoms with van der Waals surface area (Å²) < 4.78 is 0. The van der Waals surface area contributed by atoms with E-state index in [-0.39, 0.29) is 5.91 Å². The molecule has 3 rings (SSSR count). The SMILES string of the molecule is Cc1csc(CCNC(=O)c2ccc(C3CCCNC3)cc2)n1. The summed E-state index contributed by atoms with van der Waals surface area (Å²) in [5.74, 6) is 0.570. The van der Waals surface area contributed by atoms with Gasteiger partial charge in [-0.2, -0.15) is 0 Å². The summed E-state index contributed by atoms with van der Waals surface area (Å²) in [7, 11) is 0. The van der Waals surface area contributed by atoms with Crippen LogP contribution in [-0.4, -0.2) is 30.5 Å². The minimum Gasteiger partial charge on any atom is -0.352 e. The Kier molecular flexibility index (Phi) is 5.41. The fourth-order valence-corrected chi connectivity index (χ4v) is 3.72. The molecule has 0 spiro atoms. The summed E-state index contributed by atoms with van der Waals surface area (Å²) in [4.78, 5) is 16.6. The molecule has 0 aliphatic carbocycles. The lowest BCUT2D eigenvalue weighted by molar-refractivity contribution is 0.0954. The van der Waals surface area contributed by atoms with Crippen molar-refractivity contribution in [3.8, 4) is 0 Å². The van der Waals surface area contributed by atoms with Crippen molar-refractivity contribution in [3.63, 3.8) is 0 Å². The van der Waals surface area contributed by atoms with Crippen molar-refractivity contribution < 1.29 is 4.79 Å². The number of nitrogens with zero attached hydrogens (tertiary/aromatic N) is 1. The average molecular weight is 329 g/mol. The summed E-state index contributed by atoms with van der Waals surface area (Å²) >= 11 is 1.65. The van der Waals surface area contributed by atoms with Crippen LogP contribution in [-0.2, 0) is 6.42 Å². The average Bonchev–Trinajstić information content (AvgIpc) is 3.01. The predicted molar refractivity (Wildman–Crippen MR) is 94.2 cm³/mol. The number of carbonyl (C=O) groups excluding carboxylic acids is 1. The molecule has 1 aromatic carbocycles. The molecule has 0 bridgehead atoms. The molecule has 2 heterocycles. The van der Waals surface area contributed by atoms with E-state index < -0.39 is 0 Å². The lowest BCUT2D eigenvalue weighted by Gasteiger charge is -2.23. The van der Waals surface area contributed by atoms with E-state index in [0.29, 0.717) is 12.5 Å². The molecule has 5 heteroatoms. The number of hydrogen-bond acceptors (Lipinski definition) is 4. The minimum absolute atomic E-state index is 0.00778. The Hall–Kier alpha value is -1.72. The molecule has 1 atom stereocenters. The van der Waals surface area contributed by atoms with Gasteiger partial charge in [0.25, 0.3) is 5.91 Å². The molecule has 4 nitrogen and oxygen atoms in total. The van der Waals surface area contributed by atoms with E-state index in [0.717, 1.165) is 35.8 Å². The van der Waals surface area contributed by atoms with Gasteiger partial charge >= 0.3 is 0 Å². The summed E-state index contributed by atoms with van der Waals surface area (Å²) in [6, 6.07) is 8.06. The number of aromatic nitrogens is 1. The fourth-order valence-electron chi connectivity index (χ4n) is 2.95. The molecule has 1 aromatic heterocycles. The van der Waals surface area contributed by atoms with Crippen LogP contribution in [0.15, 0.2) is 29.6 Å². The largest absolute Gasteiger partial charge is 0.352 e. The highest BCUT2D eigenvalue weighted by molar-refractivity contribution is 7.09. The zero-order valence-electron chi connectivity index (χ0n) is 13.5. The van der Waals surface area contributed by atoms with Crippen molar-refractivity contribution in [1.29, 1.82) is 0 Å². The maximum absolute atomic E-state index is 12.2. The number of piperidine rings is 1. The first-order valence-corrected chi connectivity index (χ1v) is 9.10. The van der Waals surface area contributed by atoms with Gasteiger partial charge in [-0.25, -0.2) is 4.98 Å². The van der Waals surface area contributed by atoms with Crippen LogP contribution in [0.25, 0.3) is 0 Å². The smallest absolute Gasteiger partial charge is 0.251 e. The van der Waals surface area contributed by atoms with Gasteiger partial charge in [0.2, 0.25) is 0 Å². The second-order valence-electron chi connectivity index (χ2n) is 6.05. The monoisotopic (exact) mass is 329 g/mol. The number of aryl methyl sites for hydroxylation is 1. The molecular weight excluding hydrogens is 306 g/mol. The summed E-state index contributed by atoms with van der Waals surface area (Å²) in [5, 5.41) is 9.51. The van der Waals surface area contributed by atoms with Crippen molar-refractivity contribution in [2.75, 3.05) is 19.6 Å². The van der Waals surface area contributed by atoms with Crippen molar-refractivity contribution in [2.45, 2.75) is 32.1 Å². The zero-order valence-corrected chi connectivity index (χ0v) is 14.3. The second-order valence-corrected chi connectivity index (χ2v) is 7.00. The number of nitrogens with one attached hydrogen (secondary N) is 2. The first-order valence-electron chi connectivity index (χ1n) is 8.22. The van der Waals surface area contributed by atoms with Crippen molar-refractivity contribution >= 4 is 17.2 Å². The number of hydrogen-bond donors (Lipinski definition) is 2. The first-order chi connectivity index (χ1) is 11.2. The third kappa shape index (κ3) is 4.39. The Labute approximate surface area is 141 Å². The summed E-state index contributed by atoms with van der Waals surface area (Å²) in [6.07, 6.45) is 3.24. The lowest BCUT2D eigenvalue weighted by Crippen LogP contribution is -2.28. The van der Waals surface area contributed by atoms with Gasteiger partial charge in [-0.3, -0.25) is 4.79 Å². The highest BCUT2D eigenvalue weighted by atomic mass is 32.1. The highest BCUT2D eigenvalue weighted by Gasteiger charge is 2.15. The highest BCUT2D eigenvalue weighted by Crippen LogP contribution is 2.23. The third-order valence-electron chi connectivity index (χ3n) is 4.23. The van der Waals surface area contributed by atoms with Crippen LogP contribution in [0.1, 0.15) is 45.4 Å². The topological polar surface area (TPSA) is 54.0 Å². The molecular formula is C18H23N3OS. The van der Waals surface area contributed by atoms with Gasteiger partial charge in [-0.05, 0) is 49.9 Å². The Morgan fingerprint density at radius 2 is 2.22 bits per heavy atom. The van der Waals surface area contributed by atoms with Crippen molar-refractivity contribution in [3.05, 3.63) is 51.5 Å². The number of rotatable bonds is 5. The molecule has 1 saturated heterocycles. The zero-order chi connectivity index (χ0) is 16.1. The Balaban J connectivity index is 1.50. The van der Waals surface area contributed by atoms with Gasteiger partial charge in [-0.1, -0.05) is 12.1 Å². The first kappa shape index (κ1) is 16.1. The third-order valence-corrected chi connectivity index (χ3v) is 5.26. The molecule has 1 amide bonds. The van der Waals surface area contributed by atoms with E-state index in [9.17, 15) is 4.79 Å². The van der Waals surface area contributed by atoms with Gasteiger partial charge in [0.15, 0.2) is 0 Å². The molecule has 0 saturated carbocycles. The number of carbonyl (C=O) groups is 1. The molecule has 2 N–H and O–H groups in total. The van der Waals surface area contributed by atoms with Crippen LogP contribution in [0.5, 0.6) is 0 Å². The summed E-state index contributed by atoms with van der Waals surface area (Å²) in [5.41, 5.74) is 3.10. The van der Waals surface area contributed by atoms with Crippen LogP contribution >= 0.6 is 11.3 Å². The normalized spacial score (nSPS) is 17.9. The van der Waals surface area contributed by atoms with Crippen LogP contribution in [0.2, 0.25) is 0 Å². The van der Waals surface area contributed by atoms with Crippen LogP contribution < -0.4 is 10.6 Å². The Morgan fingerprint density at radius 3 is 2.87 bits per heavy atom. The van der Waals surface area contributed by atoms with Gasteiger partial charge < -0.3 is 10.6 Å². The minimum atomic E-state index is -0.00778. The van der Waals surface area contributed by atoms with Crippen molar-refractivity contribution in [2.24, 2.45) is 0 Å². The fraction of sp³-hybridized carbons (Fsp3) is 0.444. The van der Waals surface area contributed by atoms with E-state index >= 15 is 0 Å². The van der Waals surface area contributed by atoms with Gasteiger partial charge in [0.1, 0.15) is 0 Å². The van der Waals surface area contributed by atoms with Gasteiger partial charge in [0, 0.05) is 36.1 Å². The second kappa shape index (κ2) is 7.70. The Morgan fingerprint density at radius 1 is 1.39 bits per heavy atom. The molecule has 1 aliphatic rings. The van der Waals surface area contributed by atoms with Crippen LogP contribution in [0.3, 0.4) is 0 Å². The van der Waals surface area contributed by atoms with Gasteiger partial charge in [-0.15, -0.1) is 11.3 Å². The maximum Gasteiger partial charge on any atom is 0.251 e. The number of thiazole rings is 1. The van der Waals surface area contributed by atoms with E-state index in [4.69, 9.17) is 0 Å². The standard InChI is InChI=1S/C18H23N3OS/c1-13-12-23-17(21-13)8-10-20-18(22)15-6-4-14(5-7-15)16-3-2-9-19-11-16/h4-7,12,16,19H,2-3,8-11H2,1H3,(H,20,22). The molecule has 1 aliphatic heterocycles. The molecule has 1 fully saturated rings. The van der Waals surface area contributed by atoms with E-state index in [1.165, 1.54) is 18.4 Å². The molecule has 0 radical (unpaired) electrons. The van der Waals surface area contributed by atoms with Crippen molar-refractivity contribution in [1.82, 2.24) is 15.6 Å². The van der Waals surface area contributed by atoms with E-state index in [1.54, 1.807) is 11.3 Å². The van der Waals surface area contributed by atoms with Crippen LogP contribution in [0.4, 0.5) is 0 Å². The molecule has 1 unspecified atom stereocenters. The molecule has 122 valence electrons.